The molecule has 1 heterocycles. The van der Waals surface area contributed by atoms with E-state index in [-0.39, 0.29) is 5.91 Å². The molecule has 1 amide bonds. The SMILES string of the molecule is O=C1CCCSCN1. The highest BCUT2D eigenvalue weighted by Crippen LogP contribution is 2.06. The van der Waals surface area contributed by atoms with Crippen molar-refractivity contribution in [1.82, 2.24) is 5.32 Å². The van der Waals surface area contributed by atoms with Crippen LogP contribution in [0, 0.1) is 0 Å². The van der Waals surface area contributed by atoms with Crippen molar-refractivity contribution in [3.8, 4) is 0 Å². The molecule has 0 saturated carbocycles. The molecule has 0 aromatic heterocycles. The Kier molecular flexibility index (Phi) is 2.21. The first-order chi connectivity index (χ1) is 3.89. The molecule has 2 nitrogen and oxygen atoms in total. The monoisotopic (exact) mass is 131 g/mol. The lowest BCUT2D eigenvalue weighted by atomic mass is 10.3. The van der Waals surface area contributed by atoms with E-state index in [2.05, 4.69) is 5.32 Å². The Bertz CT molecular complexity index is 84.4. The molecule has 0 unspecified atom stereocenters. The Balaban J connectivity index is 2.27. The zero-order chi connectivity index (χ0) is 5.82. The van der Waals surface area contributed by atoms with Crippen LogP contribution in [-0.2, 0) is 4.79 Å². The van der Waals surface area contributed by atoms with Gasteiger partial charge in [0, 0.05) is 6.42 Å². The molecule has 8 heavy (non-hydrogen) atoms. The molecule has 1 N–H and O–H groups in total. The number of nitrogens with one attached hydrogen (secondary N) is 1. The molecule has 1 aliphatic heterocycles. The van der Waals surface area contributed by atoms with E-state index in [0.717, 1.165) is 18.1 Å². The first-order valence-electron chi connectivity index (χ1n) is 2.74. The molecule has 0 spiro atoms. The molecule has 0 aromatic rings. The number of thioether (sulfide) groups is 1. The molecule has 1 aliphatic rings. The maximum absolute atomic E-state index is 10.6. The molecule has 1 rings (SSSR count). The largest absolute Gasteiger partial charge is 0.347 e. The number of hydrogen-bond donors (Lipinski definition) is 1. The molecule has 46 valence electrons. The Morgan fingerprint density at radius 1 is 1.62 bits per heavy atom. The normalized spacial score (nSPS) is 21.8. The maximum atomic E-state index is 10.6. The van der Waals surface area contributed by atoms with Gasteiger partial charge in [0.15, 0.2) is 0 Å². The number of carbonyl (C=O) groups excluding carboxylic acids is 1. The second-order valence-electron chi connectivity index (χ2n) is 1.76. The smallest absolute Gasteiger partial charge is 0.220 e. The van der Waals surface area contributed by atoms with E-state index in [0.29, 0.717) is 6.42 Å². The summed E-state index contributed by atoms with van der Waals surface area (Å²) in [6.07, 6.45) is 1.75. The van der Waals surface area contributed by atoms with Crippen LogP contribution < -0.4 is 5.32 Å². The van der Waals surface area contributed by atoms with Crippen LogP contribution in [0.2, 0.25) is 0 Å². The molecule has 0 aliphatic carbocycles. The fourth-order valence-electron chi connectivity index (χ4n) is 0.627. The van der Waals surface area contributed by atoms with E-state index in [1.54, 1.807) is 11.8 Å². The first-order valence-corrected chi connectivity index (χ1v) is 3.89. The van der Waals surface area contributed by atoms with E-state index in [9.17, 15) is 4.79 Å². The lowest BCUT2D eigenvalue weighted by Crippen LogP contribution is -2.19. The summed E-state index contributed by atoms with van der Waals surface area (Å²) < 4.78 is 0. The van der Waals surface area contributed by atoms with E-state index >= 15 is 0 Å². The van der Waals surface area contributed by atoms with Crippen LogP contribution in [0.25, 0.3) is 0 Å². The van der Waals surface area contributed by atoms with Crippen molar-refractivity contribution < 1.29 is 4.79 Å². The van der Waals surface area contributed by atoms with Crippen LogP contribution in [0.4, 0.5) is 0 Å². The van der Waals surface area contributed by atoms with Gasteiger partial charge in [0.25, 0.3) is 0 Å². The summed E-state index contributed by atoms with van der Waals surface area (Å²) in [5.74, 6) is 2.13. The summed E-state index contributed by atoms with van der Waals surface area (Å²) in [6.45, 7) is 0. The molecular weight excluding hydrogens is 122 g/mol. The minimum absolute atomic E-state index is 0.204. The van der Waals surface area contributed by atoms with Crippen molar-refractivity contribution in [3.63, 3.8) is 0 Å². The van der Waals surface area contributed by atoms with E-state index in [1.165, 1.54) is 0 Å². The molecule has 1 saturated heterocycles. The highest BCUT2D eigenvalue weighted by atomic mass is 32.2. The minimum atomic E-state index is 0.204. The van der Waals surface area contributed by atoms with Crippen molar-refractivity contribution in [2.24, 2.45) is 0 Å². The lowest BCUT2D eigenvalue weighted by molar-refractivity contribution is -0.120. The zero-order valence-electron chi connectivity index (χ0n) is 4.64. The third-order valence-electron chi connectivity index (χ3n) is 1.06. The number of hydrogen-bond acceptors (Lipinski definition) is 2. The second-order valence-corrected chi connectivity index (χ2v) is 2.86. The molecule has 0 radical (unpaired) electrons. The summed E-state index contributed by atoms with van der Waals surface area (Å²) in [5.41, 5.74) is 0. The third kappa shape index (κ3) is 1.74. The average Bonchev–Trinajstić information content (AvgIpc) is 1.94. The summed E-state index contributed by atoms with van der Waals surface area (Å²) in [7, 11) is 0. The predicted octanol–water partition coefficient (Wildman–Crippen LogP) is 0.587. The fourth-order valence-corrected chi connectivity index (χ4v) is 1.38. The van der Waals surface area contributed by atoms with Gasteiger partial charge < -0.3 is 5.32 Å². The minimum Gasteiger partial charge on any atom is -0.347 e. The highest BCUT2D eigenvalue weighted by molar-refractivity contribution is 7.99. The Labute approximate surface area is 53.0 Å². The first kappa shape index (κ1) is 5.95. The summed E-state index contributed by atoms with van der Waals surface area (Å²) >= 11 is 1.79. The van der Waals surface area contributed by atoms with Gasteiger partial charge in [-0.05, 0) is 12.2 Å². The third-order valence-corrected chi connectivity index (χ3v) is 1.99. The Hall–Kier alpha value is -0.180. The van der Waals surface area contributed by atoms with Crippen LogP contribution in [0.3, 0.4) is 0 Å². The fraction of sp³-hybridized carbons (Fsp3) is 0.800. The molecule has 0 atom stereocenters. The van der Waals surface area contributed by atoms with Gasteiger partial charge in [-0.1, -0.05) is 0 Å². The van der Waals surface area contributed by atoms with Gasteiger partial charge >= 0.3 is 0 Å². The standard InChI is InChI=1S/C5H9NOS/c7-5-2-1-3-8-4-6-5/h1-4H2,(H,6,7). The van der Waals surface area contributed by atoms with Gasteiger partial charge in [-0.15, -0.1) is 11.8 Å². The molecule has 1 fully saturated rings. The van der Waals surface area contributed by atoms with Gasteiger partial charge in [0.2, 0.25) is 5.91 Å². The van der Waals surface area contributed by atoms with Crippen LogP contribution >= 0.6 is 11.8 Å². The van der Waals surface area contributed by atoms with E-state index in [1.807, 2.05) is 0 Å². The zero-order valence-corrected chi connectivity index (χ0v) is 5.46. The van der Waals surface area contributed by atoms with Gasteiger partial charge in [0.1, 0.15) is 0 Å². The van der Waals surface area contributed by atoms with E-state index in [4.69, 9.17) is 0 Å². The summed E-state index contributed by atoms with van der Waals surface area (Å²) in [4.78, 5) is 10.6. The number of carbonyl (C=O) groups is 1. The van der Waals surface area contributed by atoms with Gasteiger partial charge in [-0.2, -0.15) is 0 Å². The van der Waals surface area contributed by atoms with Crippen molar-refractivity contribution in [2.75, 3.05) is 11.6 Å². The Morgan fingerprint density at radius 3 is 3.38 bits per heavy atom. The quantitative estimate of drug-likeness (QED) is 0.521. The van der Waals surface area contributed by atoms with E-state index < -0.39 is 0 Å². The summed E-state index contributed by atoms with van der Waals surface area (Å²) in [5, 5.41) is 2.77. The maximum Gasteiger partial charge on any atom is 0.220 e. The van der Waals surface area contributed by atoms with Crippen LogP contribution in [-0.4, -0.2) is 17.5 Å². The molecule has 3 heteroatoms. The summed E-state index contributed by atoms with van der Waals surface area (Å²) in [6, 6.07) is 0. The molecule has 0 bridgehead atoms. The highest BCUT2D eigenvalue weighted by Gasteiger charge is 2.03. The van der Waals surface area contributed by atoms with Gasteiger partial charge in [0.05, 0.1) is 5.88 Å². The number of rotatable bonds is 0. The topological polar surface area (TPSA) is 29.1 Å². The van der Waals surface area contributed by atoms with Crippen molar-refractivity contribution in [1.29, 1.82) is 0 Å². The van der Waals surface area contributed by atoms with Crippen LogP contribution in [0.5, 0.6) is 0 Å². The average molecular weight is 131 g/mol. The Morgan fingerprint density at radius 2 is 2.50 bits per heavy atom. The molecular formula is C5H9NOS. The van der Waals surface area contributed by atoms with Crippen molar-refractivity contribution in [2.45, 2.75) is 12.8 Å². The van der Waals surface area contributed by atoms with Crippen molar-refractivity contribution >= 4 is 17.7 Å². The lowest BCUT2D eigenvalue weighted by Gasteiger charge is -1.93. The van der Waals surface area contributed by atoms with Crippen LogP contribution in [0.15, 0.2) is 0 Å². The predicted molar refractivity (Wildman–Crippen MR) is 34.7 cm³/mol. The van der Waals surface area contributed by atoms with Gasteiger partial charge in [-0.25, -0.2) is 0 Å². The van der Waals surface area contributed by atoms with Gasteiger partial charge in [-0.3, -0.25) is 4.79 Å². The number of amides is 1. The van der Waals surface area contributed by atoms with Crippen LogP contribution in [0.1, 0.15) is 12.8 Å². The van der Waals surface area contributed by atoms with Crippen molar-refractivity contribution in [3.05, 3.63) is 0 Å². The second kappa shape index (κ2) is 2.97. The molecule has 0 aromatic carbocycles.